The summed E-state index contributed by atoms with van der Waals surface area (Å²) in [7, 11) is 0. The lowest BCUT2D eigenvalue weighted by Gasteiger charge is -2.21. The van der Waals surface area contributed by atoms with Crippen LogP contribution >= 0.6 is 0 Å². The summed E-state index contributed by atoms with van der Waals surface area (Å²) in [6.45, 7) is 5.27. The molecule has 3 aromatic carbocycles. The molecule has 0 radical (unpaired) electrons. The number of hydrogen-bond donors (Lipinski definition) is 3. The Morgan fingerprint density at radius 3 is 2.06 bits per heavy atom. The number of nitrogens with one attached hydrogen (secondary N) is 2. The van der Waals surface area contributed by atoms with Crippen molar-refractivity contribution >= 4 is 29.1 Å². The molecule has 7 heteroatoms. The molecule has 0 aliphatic rings. The molecule has 4 N–H and O–H groups in total. The number of rotatable bonds is 4. The summed E-state index contributed by atoms with van der Waals surface area (Å²) in [6.07, 6.45) is -0.648. The zero-order valence-corrected chi connectivity index (χ0v) is 17.5. The molecule has 0 aliphatic carbocycles. The highest BCUT2D eigenvalue weighted by Crippen LogP contribution is 2.30. The number of halogens is 1. The van der Waals surface area contributed by atoms with E-state index in [2.05, 4.69) is 10.6 Å². The van der Waals surface area contributed by atoms with Crippen LogP contribution in [0.1, 0.15) is 31.1 Å². The molecule has 0 heterocycles. The van der Waals surface area contributed by atoms with Gasteiger partial charge in [0.15, 0.2) is 0 Å². The summed E-state index contributed by atoms with van der Waals surface area (Å²) in [5.41, 5.74) is 8.19. The fourth-order valence-corrected chi connectivity index (χ4v) is 2.82. The van der Waals surface area contributed by atoms with Crippen molar-refractivity contribution < 1.29 is 18.7 Å². The third-order valence-electron chi connectivity index (χ3n) is 4.25. The number of hydrogen-bond acceptors (Lipinski definition) is 4. The molecule has 6 nitrogen and oxygen atoms in total. The Bertz CT molecular complexity index is 1090. The SMILES string of the molecule is CC(C)(C)OC(=O)Nc1ccc(-c2ccc(F)cc2)cc1NC(=O)c1ccc(N)cc1. The Balaban J connectivity index is 1.93. The summed E-state index contributed by atoms with van der Waals surface area (Å²) >= 11 is 0. The Labute approximate surface area is 180 Å². The second-order valence-corrected chi connectivity index (χ2v) is 7.97. The van der Waals surface area contributed by atoms with Crippen molar-refractivity contribution in [3.8, 4) is 11.1 Å². The number of nitrogens with two attached hydrogens (primary N) is 1. The van der Waals surface area contributed by atoms with E-state index in [4.69, 9.17) is 10.5 Å². The molecule has 0 aliphatic heterocycles. The third kappa shape index (κ3) is 6.05. The lowest BCUT2D eigenvalue weighted by molar-refractivity contribution is 0.0635. The number of carbonyl (C=O) groups excluding carboxylic acids is 2. The van der Waals surface area contributed by atoms with Gasteiger partial charge in [0, 0.05) is 11.3 Å². The van der Waals surface area contributed by atoms with Gasteiger partial charge < -0.3 is 15.8 Å². The van der Waals surface area contributed by atoms with Crippen LogP contribution in [0, 0.1) is 5.82 Å². The minimum Gasteiger partial charge on any atom is -0.444 e. The molecule has 0 bridgehead atoms. The molecule has 3 aromatic rings. The number of anilines is 3. The highest BCUT2D eigenvalue weighted by atomic mass is 19.1. The van der Waals surface area contributed by atoms with E-state index in [1.165, 1.54) is 12.1 Å². The van der Waals surface area contributed by atoms with Crippen molar-refractivity contribution in [2.75, 3.05) is 16.4 Å². The average Bonchev–Trinajstić information content (AvgIpc) is 2.69. The third-order valence-corrected chi connectivity index (χ3v) is 4.25. The van der Waals surface area contributed by atoms with Crippen molar-refractivity contribution in [2.24, 2.45) is 0 Å². The topological polar surface area (TPSA) is 93.5 Å². The molecule has 0 saturated heterocycles. The molecule has 160 valence electrons. The molecular formula is C24H24FN3O3. The predicted octanol–water partition coefficient (Wildman–Crippen LogP) is 5.67. The maximum atomic E-state index is 13.3. The van der Waals surface area contributed by atoms with Crippen molar-refractivity contribution in [1.29, 1.82) is 0 Å². The van der Waals surface area contributed by atoms with Gasteiger partial charge in [-0.15, -0.1) is 0 Å². The van der Waals surface area contributed by atoms with Crippen LogP contribution in [-0.4, -0.2) is 17.6 Å². The second kappa shape index (κ2) is 8.87. The number of nitrogen functional groups attached to an aromatic ring is 1. The fourth-order valence-electron chi connectivity index (χ4n) is 2.82. The average molecular weight is 421 g/mol. The lowest BCUT2D eigenvalue weighted by atomic mass is 10.0. The smallest absolute Gasteiger partial charge is 0.412 e. The molecule has 0 spiro atoms. The summed E-state index contributed by atoms with van der Waals surface area (Å²) in [4.78, 5) is 25.0. The molecule has 31 heavy (non-hydrogen) atoms. The van der Waals surface area contributed by atoms with E-state index in [-0.39, 0.29) is 11.7 Å². The molecule has 0 saturated carbocycles. The van der Waals surface area contributed by atoms with E-state index < -0.39 is 11.7 Å². The van der Waals surface area contributed by atoms with Gasteiger partial charge in [-0.05, 0) is 80.4 Å². The Morgan fingerprint density at radius 1 is 0.839 bits per heavy atom. The molecule has 3 rings (SSSR count). The van der Waals surface area contributed by atoms with E-state index >= 15 is 0 Å². The minimum absolute atomic E-state index is 0.344. The first kappa shape index (κ1) is 21.8. The van der Waals surface area contributed by atoms with Crippen molar-refractivity contribution in [3.63, 3.8) is 0 Å². The van der Waals surface area contributed by atoms with Crippen LogP contribution in [0.2, 0.25) is 0 Å². The van der Waals surface area contributed by atoms with Gasteiger partial charge in [0.25, 0.3) is 5.91 Å². The van der Waals surface area contributed by atoms with Crippen molar-refractivity contribution in [1.82, 2.24) is 0 Å². The van der Waals surface area contributed by atoms with Crippen LogP contribution in [0.5, 0.6) is 0 Å². The monoisotopic (exact) mass is 421 g/mol. The maximum Gasteiger partial charge on any atom is 0.412 e. The number of amides is 2. The summed E-state index contributed by atoms with van der Waals surface area (Å²) in [5.74, 6) is -0.715. The first-order chi connectivity index (χ1) is 14.6. The number of carbonyl (C=O) groups is 2. The molecule has 0 aromatic heterocycles. The van der Waals surface area contributed by atoms with E-state index in [0.717, 1.165) is 11.1 Å². The van der Waals surface area contributed by atoms with E-state index in [0.29, 0.717) is 22.6 Å². The van der Waals surface area contributed by atoms with Crippen LogP contribution in [0.15, 0.2) is 66.7 Å². The quantitative estimate of drug-likeness (QED) is 0.473. The Hall–Kier alpha value is -3.87. The first-order valence-electron chi connectivity index (χ1n) is 9.67. The number of ether oxygens (including phenoxy) is 1. The van der Waals surface area contributed by atoms with Gasteiger partial charge in [-0.3, -0.25) is 10.1 Å². The number of benzene rings is 3. The molecular weight excluding hydrogens is 397 g/mol. The fraction of sp³-hybridized carbons (Fsp3) is 0.167. The highest BCUT2D eigenvalue weighted by molar-refractivity contribution is 6.07. The summed E-state index contributed by atoms with van der Waals surface area (Å²) in [5, 5.41) is 5.48. The Morgan fingerprint density at radius 2 is 1.45 bits per heavy atom. The van der Waals surface area contributed by atoms with Crippen LogP contribution in [0.4, 0.5) is 26.2 Å². The van der Waals surface area contributed by atoms with Crippen LogP contribution < -0.4 is 16.4 Å². The van der Waals surface area contributed by atoms with Crippen LogP contribution in [0.25, 0.3) is 11.1 Å². The largest absolute Gasteiger partial charge is 0.444 e. The minimum atomic E-state index is -0.675. The highest BCUT2D eigenvalue weighted by Gasteiger charge is 2.18. The van der Waals surface area contributed by atoms with Crippen molar-refractivity contribution in [3.05, 3.63) is 78.1 Å². The van der Waals surface area contributed by atoms with Gasteiger partial charge in [-0.1, -0.05) is 18.2 Å². The predicted molar refractivity (Wildman–Crippen MR) is 121 cm³/mol. The van der Waals surface area contributed by atoms with Gasteiger partial charge in [-0.2, -0.15) is 0 Å². The molecule has 2 amide bonds. The molecule has 0 unspecified atom stereocenters. The molecule has 0 atom stereocenters. The van der Waals surface area contributed by atoms with Crippen LogP contribution in [0.3, 0.4) is 0 Å². The second-order valence-electron chi connectivity index (χ2n) is 7.97. The van der Waals surface area contributed by atoms with E-state index in [1.807, 2.05) is 0 Å². The van der Waals surface area contributed by atoms with Gasteiger partial charge in [0.05, 0.1) is 11.4 Å². The zero-order chi connectivity index (χ0) is 22.6. The van der Waals surface area contributed by atoms with Crippen molar-refractivity contribution in [2.45, 2.75) is 26.4 Å². The zero-order valence-electron chi connectivity index (χ0n) is 17.5. The first-order valence-corrected chi connectivity index (χ1v) is 9.67. The van der Waals surface area contributed by atoms with E-state index in [1.54, 1.807) is 75.4 Å². The maximum absolute atomic E-state index is 13.3. The normalized spacial score (nSPS) is 11.0. The lowest BCUT2D eigenvalue weighted by Crippen LogP contribution is -2.27. The summed E-state index contributed by atoms with van der Waals surface area (Å²) in [6, 6.07) is 17.6. The van der Waals surface area contributed by atoms with Gasteiger partial charge in [-0.25, -0.2) is 9.18 Å². The standard InChI is InChI=1S/C24H24FN3O3/c1-24(2,3)31-23(30)28-20-13-8-17(15-4-9-18(25)10-5-15)14-21(20)27-22(29)16-6-11-19(26)12-7-16/h4-14H,26H2,1-3H3,(H,27,29)(H,28,30). The van der Waals surface area contributed by atoms with Crippen LogP contribution in [-0.2, 0) is 4.74 Å². The molecule has 0 fully saturated rings. The van der Waals surface area contributed by atoms with E-state index in [9.17, 15) is 14.0 Å². The summed E-state index contributed by atoms with van der Waals surface area (Å²) < 4.78 is 18.6. The van der Waals surface area contributed by atoms with Gasteiger partial charge in [0.1, 0.15) is 11.4 Å². The van der Waals surface area contributed by atoms with Gasteiger partial charge >= 0.3 is 6.09 Å². The Kier molecular flexibility index (Phi) is 6.25. The van der Waals surface area contributed by atoms with Gasteiger partial charge in [0.2, 0.25) is 0 Å².